The summed E-state index contributed by atoms with van der Waals surface area (Å²) in [5, 5.41) is 0. The van der Waals surface area contributed by atoms with Crippen molar-refractivity contribution in [1.29, 1.82) is 0 Å². The van der Waals surface area contributed by atoms with Gasteiger partial charge >= 0.3 is 0 Å². The lowest BCUT2D eigenvalue weighted by Gasteiger charge is -2.14. The highest BCUT2D eigenvalue weighted by Gasteiger charge is 2.06. The van der Waals surface area contributed by atoms with E-state index in [4.69, 9.17) is 5.73 Å². The molecule has 0 spiro atoms. The van der Waals surface area contributed by atoms with Crippen LogP contribution in [0.25, 0.3) is 0 Å². The Balaban J connectivity index is 2.04. The molecule has 1 unspecified atom stereocenters. The number of hydrogen-bond donors (Lipinski definition) is 1. The molecule has 1 heteroatoms. The average Bonchev–Trinajstić information content (AvgIpc) is 2.29. The second-order valence-electron chi connectivity index (χ2n) is 4.99. The van der Waals surface area contributed by atoms with Gasteiger partial charge in [-0.05, 0) is 30.7 Å². The number of nitrogens with two attached hydrogens (primary N) is 1. The van der Waals surface area contributed by atoms with Crippen LogP contribution in [0.2, 0.25) is 0 Å². The monoisotopic (exact) mass is 219 g/mol. The van der Waals surface area contributed by atoms with Crippen molar-refractivity contribution in [3.8, 4) is 0 Å². The lowest BCUT2D eigenvalue weighted by Crippen LogP contribution is -2.25. The van der Waals surface area contributed by atoms with E-state index < -0.39 is 0 Å². The van der Waals surface area contributed by atoms with E-state index in [9.17, 15) is 0 Å². The van der Waals surface area contributed by atoms with E-state index in [1.165, 1.54) is 37.7 Å². The van der Waals surface area contributed by atoms with Gasteiger partial charge in [-0.3, -0.25) is 0 Å². The van der Waals surface area contributed by atoms with E-state index in [1.807, 2.05) is 0 Å². The van der Waals surface area contributed by atoms with Gasteiger partial charge in [-0.1, -0.05) is 57.0 Å². The molecule has 0 saturated heterocycles. The molecule has 1 rings (SSSR count). The van der Waals surface area contributed by atoms with Crippen molar-refractivity contribution in [3.05, 3.63) is 35.9 Å². The van der Waals surface area contributed by atoms with Crippen LogP contribution in [0.1, 0.15) is 45.1 Å². The molecule has 1 nitrogen and oxygen atoms in total. The first-order valence-corrected chi connectivity index (χ1v) is 6.49. The Morgan fingerprint density at radius 2 is 1.69 bits per heavy atom. The van der Waals surface area contributed by atoms with Crippen molar-refractivity contribution in [1.82, 2.24) is 0 Å². The summed E-state index contributed by atoms with van der Waals surface area (Å²) in [6.45, 7) is 4.41. The lowest BCUT2D eigenvalue weighted by molar-refractivity contribution is 0.442. The van der Waals surface area contributed by atoms with Crippen LogP contribution in [0.5, 0.6) is 0 Å². The predicted octanol–water partition coefficient (Wildman–Crippen LogP) is 3.77. The molecular weight excluding hydrogens is 194 g/mol. The number of rotatable bonds is 7. The molecule has 0 aliphatic heterocycles. The van der Waals surface area contributed by atoms with E-state index in [0.29, 0.717) is 12.0 Å². The lowest BCUT2D eigenvalue weighted by atomic mass is 9.98. The van der Waals surface area contributed by atoms with Crippen LogP contribution < -0.4 is 5.73 Å². The van der Waals surface area contributed by atoms with Crippen LogP contribution in [0.4, 0.5) is 0 Å². The first-order valence-electron chi connectivity index (χ1n) is 6.49. The topological polar surface area (TPSA) is 26.0 Å². The summed E-state index contributed by atoms with van der Waals surface area (Å²) in [6, 6.07) is 11.1. The third-order valence-corrected chi connectivity index (χ3v) is 3.20. The molecule has 0 amide bonds. The Hall–Kier alpha value is -0.820. The fourth-order valence-electron chi connectivity index (χ4n) is 1.86. The van der Waals surface area contributed by atoms with Gasteiger partial charge in [0, 0.05) is 6.04 Å². The molecule has 0 bridgehead atoms. The SMILES string of the molecule is CC(C)C(N)CCCCCc1ccccc1. The van der Waals surface area contributed by atoms with Crippen LogP contribution in [-0.4, -0.2) is 6.04 Å². The van der Waals surface area contributed by atoms with Crippen LogP contribution in [0.15, 0.2) is 30.3 Å². The first kappa shape index (κ1) is 13.2. The fourth-order valence-corrected chi connectivity index (χ4v) is 1.86. The summed E-state index contributed by atoms with van der Waals surface area (Å²) < 4.78 is 0. The maximum atomic E-state index is 6.01. The molecule has 90 valence electrons. The number of aryl methyl sites for hydroxylation is 1. The van der Waals surface area contributed by atoms with E-state index in [1.54, 1.807) is 0 Å². The number of unbranched alkanes of at least 4 members (excludes halogenated alkanes) is 2. The smallest absolute Gasteiger partial charge is 0.00618 e. The van der Waals surface area contributed by atoms with Gasteiger partial charge in [0.05, 0.1) is 0 Å². The van der Waals surface area contributed by atoms with Gasteiger partial charge in [0.25, 0.3) is 0 Å². The van der Waals surface area contributed by atoms with Crippen LogP contribution in [0, 0.1) is 5.92 Å². The van der Waals surface area contributed by atoms with Crippen molar-refractivity contribution >= 4 is 0 Å². The van der Waals surface area contributed by atoms with E-state index in [0.717, 1.165) is 0 Å². The van der Waals surface area contributed by atoms with Gasteiger partial charge < -0.3 is 5.73 Å². The minimum absolute atomic E-state index is 0.386. The second-order valence-corrected chi connectivity index (χ2v) is 4.99. The average molecular weight is 219 g/mol. The fraction of sp³-hybridized carbons (Fsp3) is 0.600. The highest BCUT2D eigenvalue weighted by Crippen LogP contribution is 2.11. The zero-order valence-electron chi connectivity index (χ0n) is 10.7. The highest BCUT2D eigenvalue weighted by molar-refractivity contribution is 5.14. The molecule has 0 aliphatic rings. The van der Waals surface area contributed by atoms with Gasteiger partial charge in [-0.25, -0.2) is 0 Å². The van der Waals surface area contributed by atoms with Gasteiger partial charge in [0.2, 0.25) is 0 Å². The Morgan fingerprint density at radius 3 is 2.31 bits per heavy atom. The summed E-state index contributed by atoms with van der Waals surface area (Å²) in [5.74, 6) is 0.620. The molecule has 0 fully saturated rings. The Labute approximate surface area is 100 Å². The molecule has 16 heavy (non-hydrogen) atoms. The third-order valence-electron chi connectivity index (χ3n) is 3.20. The van der Waals surface area contributed by atoms with Gasteiger partial charge in [0.1, 0.15) is 0 Å². The van der Waals surface area contributed by atoms with Crippen LogP contribution in [-0.2, 0) is 6.42 Å². The largest absolute Gasteiger partial charge is 0.327 e. The summed E-state index contributed by atoms with van der Waals surface area (Å²) in [4.78, 5) is 0. The van der Waals surface area contributed by atoms with Crippen molar-refractivity contribution in [3.63, 3.8) is 0 Å². The normalized spacial score (nSPS) is 13.0. The van der Waals surface area contributed by atoms with Gasteiger partial charge in [-0.15, -0.1) is 0 Å². The number of benzene rings is 1. The molecule has 0 aliphatic carbocycles. The molecule has 0 aromatic heterocycles. The molecule has 2 N–H and O–H groups in total. The van der Waals surface area contributed by atoms with Crippen molar-refractivity contribution in [2.45, 2.75) is 52.0 Å². The maximum Gasteiger partial charge on any atom is 0.00618 e. The zero-order valence-corrected chi connectivity index (χ0v) is 10.7. The van der Waals surface area contributed by atoms with Crippen molar-refractivity contribution < 1.29 is 0 Å². The van der Waals surface area contributed by atoms with Crippen molar-refractivity contribution in [2.75, 3.05) is 0 Å². The van der Waals surface area contributed by atoms with Crippen molar-refractivity contribution in [2.24, 2.45) is 11.7 Å². The summed E-state index contributed by atoms with van der Waals surface area (Å²) in [7, 11) is 0. The van der Waals surface area contributed by atoms with E-state index in [2.05, 4.69) is 44.2 Å². The Kier molecular flexibility index (Phi) is 6.17. The van der Waals surface area contributed by atoms with E-state index in [-0.39, 0.29) is 0 Å². The minimum Gasteiger partial charge on any atom is -0.327 e. The second kappa shape index (κ2) is 7.45. The standard InChI is InChI=1S/C15H25N/c1-13(2)15(16)12-8-4-7-11-14-9-5-3-6-10-14/h3,5-6,9-10,13,15H,4,7-8,11-12,16H2,1-2H3. The quantitative estimate of drug-likeness (QED) is 0.694. The first-order chi connectivity index (χ1) is 7.70. The zero-order chi connectivity index (χ0) is 11.8. The molecule has 1 aromatic carbocycles. The third kappa shape index (κ3) is 5.32. The molecule has 0 radical (unpaired) electrons. The maximum absolute atomic E-state index is 6.01. The molecule has 0 heterocycles. The highest BCUT2D eigenvalue weighted by atomic mass is 14.6. The summed E-state index contributed by atoms with van der Waals surface area (Å²) >= 11 is 0. The Morgan fingerprint density at radius 1 is 1.00 bits per heavy atom. The van der Waals surface area contributed by atoms with Crippen LogP contribution in [0.3, 0.4) is 0 Å². The predicted molar refractivity (Wildman–Crippen MR) is 71.4 cm³/mol. The molecule has 1 atom stereocenters. The van der Waals surface area contributed by atoms with Gasteiger partial charge in [0.15, 0.2) is 0 Å². The van der Waals surface area contributed by atoms with Gasteiger partial charge in [-0.2, -0.15) is 0 Å². The summed E-state index contributed by atoms with van der Waals surface area (Å²) in [5.41, 5.74) is 7.46. The molecular formula is C15H25N. The number of hydrogen-bond acceptors (Lipinski definition) is 1. The molecule has 0 saturated carbocycles. The van der Waals surface area contributed by atoms with E-state index >= 15 is 0 Å². The molecule has 1 aromatic rings. The van der Waals surface area contributed by atoms with Crippen LogP contribution >= 0.6 is 0 Å². The minimum atomic E-state index is 0.386. The Bertz CT molecular complexity index is 266. The summed E-state index contributed by atoms with van der Waals surface area (Å²) in [6.07, 6.45) is 6.24.